The van der Waals surface area contributed by atoms with E-state index >= 15 is 0 Å². The van der Waals surface area contributed by atoms with Crippen molar-refractivity contribution in [2.24, 2.45) is 0 Å². The van der Waals surface area contributed by atoms with Crippen molar-refractivity contribution in [1.29, 1.82) is 0 Å². The number of aryl methyl sites for hydroxylation is 1. The summed E-state index contributed by atoms with van der Waals surface area (Å²) < 4.78 is 5.10. The van der Waals surface area contributed by atoms with E-state index in [4.69, 9.17) is 10.5 Å². The van der Waals surface area contributed by atoms with E-state index in [-0.39, 0.29) is 11.5 Å². The maximum atomic E-state index is 9.91. The monoisotopic (exact) mass is 277 g/mol. The van der Waals surface area contributed by atoms with Gasteiger partial charge < -0.3 is 20.7 Å². The van der Waals surface area contributed by atoms with Gasteiger partial charge in [0.15, 0.2) is 11.5 Å². The Balaban J connectivity index is 2.60. The molecule has 0 aliphatic rings. The predicted molar refractivity (Wildman–Crippen MR) is 80.3 cm³/mol. The minimum absolute atomic E-state index is 0.0642. The molecule has 100 valence electrons. The van der Waals surface area contributed by atoms with Crippen molar-refractivity contribution in [3.8, 4) is 28.4 Å². The Morgan fingerprint density at radius 2 is 1.74 bits per heavy atom. The number of ether oxygens (including phenoxy) is 1. The smallest absolute Gasteiger partial charge is 0.167 e. The molecule has 0 aliphatic carbocycles. The highest BCUT2D eigenvalue weighted by molar-refractivity contribution is 7.27. The number of aromatic hydroxyl groups is 2. The summed E-state index contributed by atoms with van der Waals surface area (Å²) in [4.78, 5) is 0. The number of nitrogens with two attached hydrogens (primary N) is 1. The molecule has 19 heavy (non-hydrogen) atoms. The topological polar surface area (TPSA) is 75.7 Å². The molecule has 0 spiro atoms. The summed E-state index contributed by atoms with van der Waals surface area (Å²) in [5, 5.41) is 20.3. The first kappa shape index (κ1) is 13.5. The van der Waals surface area contributed by atoms with Crippen LogP contribution in [0.3, 0.4) is 0 Å². The number of nitrogen functional groups attached to an aromatic ring is 1. The quantitative estimate of drug-likeness (QED) is 0.447. The third kappa shape index (κ3) is 2.45. The molecule has 0 aromatic heterocycles. The number of anilines is 1. The molecule has 4 nitrogen and oxygen atoms in total. The molecular formula is C14H16NO3P. The largest absolute Gasteiger partial charge is 0.506 e. The number of phenolic OH excluding ortho intramolecular Hbond substituents is 2. The first-order valence-electron chi connectivity index (χ1n) is 5.70. The summed E-state index contributed by atoms with van der Waals surface area (Å²) >= 11 is 0. The van der Waals surface area contributed by atoms with Crippen LogP contribution in [0.5, 0.6) is 17.2 Å². The van der Waals surface area contributed by atoms with Gasteiger partial charge in [-0.25, -0.2) is 0 Å². The number of phenols is 2. The Bertz CT molecular complexity index is 595. The Kier molecular flexibility index (Phi) is 3.54. The fraction of sp³-hybridized carbons (Fsp3) is 0.143. The first-order chi connectivity index (χ1) is 8.93. The fourth-order valence-corrected chi connectivity index (χ4v) is 2.44. The normalized spacial score (nSPS) is 10.5. The van der Waals surface area contributed by atoms with Gasteiger partial charge in [0, 0.05) is 5.30 Å². The molecule has 2 aromatic rings. The predicted octanol–water partition coefficient (Wildman–Crippen LogP) is 2.16. The molecule has 5 heteroatoms. The van der Waals surface area contributed by atoms with Crippen molar-refractivity contribution in [1.82, 2.24) is 0 Å². The molecule has 0 bridgehead atoms. The van der Waals surface area contributed by atoms with Crippen molar-refractivity contribution in [2.75, 3.05) is 12.8 Å². The molecule has 0 saturated carbocycles. The van der Waals surface area contributed by atoms with E-state index in [1.165, 1.54) is 7.11 Å². The Labute approximate surface area is 114 Å². The molecule has 0 amide bonds. The van der Waals surface area contributed by atoms with Crippen molar-refractivity contribution in [3.63, 3.8) is 0 Å². The lowest BCUT2D eigenvalue weighted by Crippen LogP contribution is -2.00. The van der Waals surface area contributed by atoms with Crippen molar-refractivity contribution in [2.45, 2.75) is 6.92 Å². The number of methoxy groups -OCH3 is 1. The van der Waals surface area contributed by atoms with Gasteiger partial charge in [-0.05, 0) is 47.9 Å². The second-order valence-corrected chi connectivity index (χ2v) is 4.97. The van der Waals surface area contributed by atoms with Gasteiger partial charge in [0.05, 0.1) is 12.8 Å². The van der Waals surface area contributed by atoms with Gasteiger partial charge >= 0.3 is 0 Å². The fourth-order valence-electron chi connectivity index (χ4n) is 2.00. The number of hydrogen-bond acceptors (Lipinski definition) is 4. The standard InChI is InChI=1S/C14H16NO3P/c1-7-3-8(4-10(15)13(7)17)9-5-11(16)14(18-2)12(19)6-9/h3-6,16-17H,15,19H2,1-2H3. The van der Waals surface area contributed by atoms with Crippen LogP contribution in [-0.4, -0.2) is 17.3 Å². The lowest BCUT2D eigenvalue weighted by molar-refractivity contribution is 0.377. The van der Waals surface area contributed by atoms with Crippen LogP contribution in [0.25, 0.3) is 11.1 Å². The summed E-state index contributed by atoms with van der Waals surface area (Å²) in [6.45, 7) is 1.78. The van der Waals surface area contributed by atoms with E-state index < -0.39 is 0 Å². The summed E-state index contributed by atoms with van der Waals surface area (Å²) in [5.74, 6) is 0.583. The molecule has 0 aliphatic heterocycles. The van der Waals surface area contributed by atoms with E-state index in [0.29, 0.717) is 17.0 Å². The molecule has 1 unspecified atom stereocenters. The molecule has 1 atom stereocenters. The van der Waals surface area contributed by atoms with Crippen LogP contribution in [0.15, 0.2) is 24.3 Å². The molecule has 0 fully saturated rings. The van der Waals surface area contributed by atoms with Crippen molar-refractivity contribution < 1.29 is 14.9 Å². The number of rotatable bonds is 2. The van der Waals surface area contributed by atoms with Crippen LogP contribution in [0, 0.1) is 6.92 Å². The van der Waals surface area contributed by atoms with Gasteiger partial charge in [-0.15, -0.1) is 9.24 Å². The van der Waals surface area contributed by atoms with Crippen LogP contribution in [0.4, 0.5) is 5.69 Å². The maximum Gasteiger partial charge on any atom is 0.167 e. The minimum Gasteiger partial charge on any atom is -0.506 e. The third-order valence-electron chi connectivity index (χ3n) is 2.97. The highest BCUT2D eigenvalue weighted by Crippen LogP contribution is 2.35. The van der Waals surface area contributed by atoms with E-state index in [9.17, 15) is 10.2 Å². The lowest BCUT2D eigenvalue weighted by Gasteiger charge is -2.12. The highest BCUT2D eigenvalue weighted by Gasteiger charge is 2.11. The Hall–Kier alpha value is -1.93. The van der Waals surface area contributed by atoms with Crippen molar-refractivity contribution >= 4 is 20.2 Å². The molecule has 4 N–H and O–H groups in total. The average Bonchev–Trinajstić information content (AvgIpc) is 2.35. The summed E-state index contributed by atoms with van der Waals surface area (Å²) in [6, 6.07) is 6.97. The lowest BCUT2D eigenvalue weighted by atomic mass is 10.0. The van der Waals surface area contributed by atoms with Crippen LogP contribution in [0.1, 0.15) is 5.56 Å². The zero-order valence-corrected chi connectivity index (χ0v) is 11.9. The summed E-state index contributed by atoms with van der Waals surface area (Å²) in [7, 11) is 4.02. The summed E-state index contributed by atoms with van der Waals surface area (Å²) in [5.41, 5.74) is 8.39. The molecule has 2 rings (SSSR count). The van der Waals surface area contributed by atoms with Gasteiger partial charge in [-0.1, -0.05) is 0 Å². The second kappa shape index (κ2) is 4.98. The maximum absolute atomic E-state index is 9.91. The van der Waals surface area contributed by atoms with Crippen LogP contribution < -0.4 is 15.8 Å². The van der Waals surface area contributed by atoms with Gasteiger partial charge in [-0.3, -0.25) is 0 Å². The molecule has 0 heterocycles. The second-order valence-electron chi connectivity index (χ2n) is 4.35. The van der Waals surface area contributed by atoms with E-state index in [0.717, 1.165) is 16.4 Å². The zero-order chi connectivity index (χ0) is 14.2. The Morgan fingerprint density at radius 1 is 1.11 bits per heavy atom. The van der Waals surface area contributed by atoms with Crippen LogP contribution in [-0.2, 0) is 0 Å². The molecular weight excluding hydrogens is 261 g/mol. The molecule has 0 saturated heterocycles. The van der Waals surface area contributed by atoms with Gasteiger partial charge in [0.25, 0.3) is 0 Å². The molecule has 0 radical (unpaired) electrons. The highest BCUT2D eigenvalue weighted by atomic mass is 31.0. The van der Waals surface area contributed by atoms with Crippen molar-refractivity contribution in [3.05, 3.63) is 29.8 Å². The number of hydrogen-bond donors (Lipinski definition) is 3. The molecule has 2 aromatic carbocycles. The minimum atomic E-state index is 0.0642. The Morgan fingerprint density at radius 3 is 2.26 bits per heavy atom. The summed E-state index contributed by atoms with van der Waals surface area (Å²) in [6.07, 6.45) is 0. The van der Waals surface area contributed by atoms with Crippen LogP contribution >= 0.6 is 9.24 Å². The SMILES string of the molecule is COc1c(O)cc(-c2cc(C)c(O)c(N)c2)cc1P. The number of benzene rings is 2. The van der Waals surface area contributed by atoms with Gasteiger partial charge in [0.2, 0.25) is 0 Å². The average molecular weight is 277 g/mol. The van der Waals surface area contributed by atoms with Gasteiger partial charge in [-0.2, -0.15) is 0 Å². The van der Waals surface area contributed by atoms with Gasteiger partial charge in [0.1, 0.15) is 5.75 Å². The van der Waals surface area contributed by atoms with E-state index in [1.807, 2.05) is 12.1 Å². The van der Waals surface area contributed by atoms with Crippen LogP contribution in [0.2, 0.25) is 0 Å². The van der Waals surface area contributed by atoms with E-state index in [2.05, 4.69) is 9.24 Å². The van der Waals surface area contributed by atoms with E-state index in [1.54, 1.807) is 19.1 Å². The third-order valence-corrected chi connectivity index (χ3v) is 3.39. The zero-order valence-electron chi connectivity index (χ0n) is 10.8. The first-order valence-corrected chi connectivity index (χ1v) is 6.27.